The van der Waals surface area contributed by atoms with Crippen LogP contribution in [0.5, 0.6) is 0 Å². The minimum absolute atomic E-state index is 1.20. The van der Waals surface area contributed by atoms with Crippen molar-refractivity contribution in [2.45, 2.75) is 27.7 Å². The molecule has 0 radical (unpaired) electrons. The van der Waals surface area contributed by atoms with E-state index < -0.39 is 0 Å². The highest BCUT2D eigenvalue weighted by atomic mass is 15.1. The summed E-state index contributed by atoms with van der Waals surface area (Å²) in [6, 6.07) is 0. The third-order valence-electron chi connectivity index (χ3n) is 2.52. The van der Waals surface area contributed by atoms with Gasteiger partial charge >= 0.3 is 0 Å². The Labute approximate surface area is 84.8 Å². The molecule has 0 aliphatic heterocycles. The van der Waals surface area contributed by atoms with Gasteiger partial charge in [0.1, 0.15) is 0 Å². The highest BCUT2D eigenvalue weighted by Gasteiger charge is 2.06. The van der Waals surface area contributed by atoms with Crippen LogP contribution in [-0.4, -0.2) is 14.8 Å². The Kier molecular flexibility index (Phi) is 3.23. The molecule has 0 spiro atoms. The maximum absolute atomic E-state index is 3.86. The first-order valence-corrected chi connectivity index (χ1v) is 4.94. The van der Waals surface area contributed by atoms with E-state index in [-0.39, 0.29) is 0 Å². The maximum atomic E-state index is 3.86. The molecular formula is C11H17N3. The number of rotatable bonds is 0. The van der Waals surface area contributed by atoms with Crippen LogP contribution in [0.2, 0.25) is 0 Å². The molecule has 3 nitrogen and oxygen atoms in total. The zero-order valence-electron chi connectivity index (χ0n) is 9.50. The second-order valence-electron chi connectivity index (χ2n) is 3.05. The van der Waals surface area contributed by atoms with Gasteiger partial charge in [-0.2, -0.15) is 10.2 Å². The van der Waals surface area contributed by atoms with Gasteiger partial charge in [-0.1, -0.05) is 13.8 Å². The number of nitrogens with zero attached hydrogens (tertiary/aromatic N) is 3. The number of hydrogen-bond acceptors (Lipinski definition) is 2. The fourth-order valence-corrected chi connectivity index (χ4v) is 1.51. The molecule has 0 N–H and O–H groups in total. The summed E-state index contributed by atoms with van der Waals surface area (Å²) in [6.45, 7) is 8.19. The Morgan fingerprint density at radius 2 is 1.29 bits per heavy atom. The Balaban J connectivity index is 0.000000461. The monoisotopic (exact) mass is 191 g/mol. The van der Waals surface area contributed by atoms with Gasteiger partial charge in [-0.15, -0.1) is 0 Å². The SMILES string of the molecule is CC.Cc1c2cnncc2c(C)n1C. The van der Waals surface area contributed by atoms with Crippen molar-refractivity contribution < 1.29 is 0 Å². The third-order valence-corrected chi connectivity index (χ3v) is 2.52. The smallest absolute Gasteiger partial charge is 0.0592 e. The Hall–Kier alpha value is -1.38. The van der Waals surface area contributed by atoms with Crippen LogP contribution in [-0.2, 0) is 7.05 Å². The molecule has 0 unspecified atom stereocenters. The van der Waals surface area contributed by atoms with Gasteiger partial charge in [0, 0.05) is 29.2 Å². The summed E-state index contributed by atoms with van der Waals surface area (Å²) >= 11 is 0. The molecule has 3 heteroatoms. The van der Waals surface area contributed by atoms with Crippen molar-refractivity contribution >= 4 is 10.8 Å². The van der Waals surface area contributed by atoms with Gasteiger partial charge in [0.25, 0.3) is 0 Å². The van der Waals surface area contributed by atoms with Crippen LogP contribution in [0.3, 0.4) is 0 Å². The van der Waals surface area contributed by atoms with Gasteiger partial charge in [-0.3, -0.25) is 0 Å². The summed E-state index contributed by atoms with van der Waals surface area (Å²) < 4.78 is 2.16. The topological polar surface area (TPSA) is 30.7 Å². The van der Waals surface area contributed by atoms with Crippen LogP contribution in [0.1, 0.15) is 25.2 Å². The number of fused-ring (bicyclic) bond motifs is 1. The van der Waals surface area contributed by atoms with E-state index >= 15 is 0 Å². The summed E-state index contributed by atoms with van der Waals surface area (Å²) in [7, 11) is 2.06. The molecule has 0 bridgehead atoms. The molecule has 0 aliphatic carbocycles. The van der Waals surface area contributed by atoms with Crippen molar-refractivity contribution in [1.82, 2.24) is 14.8 Å². The molecule has 2 heterocycles. The third kappa shape index (κ3) is 1.50. The van der Waals surface area contributed by atoms with E-state index in [1.807, 2.05) is 26.2 Å². The lowest BCUT2D eigenvalue weighted by Gasteiger charge is -1.97. The van der Waals surface area contributed by atoms with E-state index in [9.17, 15) is 0 Å². The number of aryl methyl sites for hydroxylation is 2. The van der Waals surface area contributed by atoms with Gasteiger partial charge in [0.05, 0.1) is 12.4 Å². The average molecular weight is 191 g/mol. The molecular weight excluding hydrogens is 174 g/mol. The summed E-state index contributed by atoms with van der Waals surface area (Å²) in [6.07, 6.45) is 3.63. The lowest BCUT2D eigenvalue weighted by molar-refractivity contribution is 0.851. The maximum Gasteiger partial charge on any atom is 0.0592 e. The van der Waals surface area contributed by atoms with E-state index in [1.165, 1.54) is 22.2 Å². The normalized spacial score (nSPS) is 9.79. The average Bonchev–Trinajstić information content (AvgIpc) is 2.48. The molecule has 0 amide bonds. The molecule has 76 valence electrons. The molecule has 2 aromatic rings. The minimum Gasteiger partial charge on any atom is -0.351 e. The van der Waals surface area contributed by atoms with Gasteiger partial charge < -0.3 is 4.57 Å². The van der Waals surface area contributed by atoms with E-state index in [2.05, 4.69) is 35.7 Å². The number of hydrogen-bond donors (Lipinski definition) is 0. The second kappa shape index (κ2) is 4.22. The second-order valence-corrected chi connectivity index (χ2v) is 3.05. The van der Waals surface area contributed by atoms with E-state index in [1.54, 1.807) is 0 Å². The van der Waals surface area contributed by atoms with Crippen molar-refractivity contribution in [1.29, 1.82) is 0 Å². The molecule has 0 aromatic carbocycles. The summed E-state index contributed by atoms with van der Waals surface area (Å²) in [5, 5.41) is 10.1. The Bertz CT molecular complexity index is 390. The van der Waals surface area contributed by atoms with Crippen molar-refractivity contribution in [3.8, 4) is 0 Å². The molecule has 0 saturated heterocycles. The standard InChI is InChI=1S/C9H11N3.C2H6/c1-6-8-4-10-11-5-9(8)7(2)12(6)3;1-2/h4-5H,1-3H3;1-2H3. The predicted molar refractivity (Wildman–Crippen MR) is 59.3 cm³/mol. The first-order valence-electron chi connectivity index (χ1n) is 4.94. The lowest BCUT2D eigenvalue weighted by atomic mass is 10.2. The molecule has 0 atom stereocenters. The molecule has 2 rings (SSSR count). The van der Waals surface area contributed by atoms with Crippen molar-refractivity contribution in [3.05, 3.63) is 23.8 Å². The van der Waals surface area contributed by atoms with Gasteiger partial charge in [-0.25, -0.2) is 0 Å². The quantitative estimate of drug-likeness (QED) is 0.641. The molecule has 0 fully saturated rings. The van der Waals surface area contributed by atoms with E-state index in [0.717, 1.165) is 0 Å². The molecule has 2 aromatic heterocycles. The van der Waals surface area contributed by atoms with Gasteiger partial charge in [0.15, 0.2) is 0 Å². The molecule has 0 saturated carbocycles. The van der Waals surface area contributed by atoms with Gasteiger partial charge in [0.2, 0.25) is 0 Å². The van der Waals surface area contributed by atoms with Crippen LogP contribution in [0.4, 0.5) is 0 Å². The first-order chi connectivity index (χ1) is 6.72. The summed E-state index contributed by atoms with van der Waals surface area (Å²) in [4.78, 5) is 0. The zero-order chi connectivity index (χ0) is 10.7. The van der Waals surface area contributed by atoms with Crippen molar-refractivity contribution in [2.75, 3.05) is 0 Å². The zero-order valence-corrected chi connectivity index (χ0v) is 9.50. The highest BCUT2D eigenvalue weighted by molar-refractivity contribution is 5.86. The Morgan fingerprint density at radius 1 is 0.929 bits per heavy atom. The highest BCUT2D eigenvalue weighted by Crippen LogP contribution is 2.21. The Morgan fingerprint density at radius 3 is 1.64 bits per heavy atom. The van der Waals surface area contributed by atoms with Crippen LogP contribution >= 0.6 is 0 Å². The van der Waals surface area contributed by atoms with Crippen molar-refractivity contribution in [2.24, 2.45) is 7.05 Å². The van der Waals surface area contributed by atoms with Crippen LogP contribution in [0, 0.1) is 13.8 Å². The fraction of sp³-hybridized carbons (Fsp3) is 0.455. The van der Waals surface area contributed by atoms with Crippen molar-refractivity contribution in [3.63, 3.8) is 0 Å². The lowest BCUT2D eigenvalue weighted by Crippen LogP contribution is -1.91. The molecule has 14 heavy (non-hydrogen) atoms. The van der Waals surface area contributed by atoms with E-state index in [0.29, 0.717) is 0 Å². The minimum atomic E-state index is 1.20. The summed E-state index contributed by atoms with van der Waals surface area (Å²) in [5.41, 5.74) is 2.50. The number of aromatic nitrogens is 3. The van der Waals surface area contributed by atoms with Gasteiger partial charge in [-0.05, 0) is 13.8 Å². The van der Waals surface area contributed by atoms with E-state index in [4.69, 9.17) is 0 Å². The van der Waals surface area contributed by atoms with Crippen LogP contribution in [0.15, 0.2) is 12.4 Å². The molecule has 0 aliphatic rings. The first kappa shape index (κ1) is 10.7. The van der Waals surface area contributed by atoms with Crippen LogP contribution < -0.4 is 0 Å². The predicted octanol–water partition coefficient (Wildman–Crippen LogP) is 2.61. The summed E-state index contributed by atoms with van der Waals surface area (Å²) in [5.74, 6) is 0. The fourth-order valence-electron chi connectivity index (χ4n) is 1.51. The van der Waals surface area contributed by atoms with Crippen LogP contribution in [0.25, 0.3) is 10.8 Å². The largest absolute Gasteiger partial charge is 0.351 e.